The third kappa shape index (κ3) is 3.81. The molecular formula is C26H27FN2O3. The maximum absolute atomic E-state index is 14.2. The van der Waals surface area contributed by atoms with Crippen LogP contribution in [-0.2, 0) is 14.9 Å². The molecule has 0 aliphatic carbocycles. The molecule has 0 radical (unpaired) electrons. The third-order valence-electron chi connectivity index (χ3n) is 5.57. The first-order valence-corrected chi connectivity index (χ1v) is 10.6. The molecule has 2 aromatic carbocycles. The van der Waals surface area contributed by atoms with E-state index in [4.69, 9.17) is 6.11 Å². The van der Waals surface area contributed by atoms with Gasteiger partial charge < -0.3 is 14.6 Å². The van der Waals surface area contributed by atoms with Gasteiger partial charge in [0, 0.05) is 34.6 Å². The van der Waals surface area contributed by atoms with E-state index in [1.807, 2.05) is 38.1 Å². The lowest BCUT2D eigenvalue weighted by Crippen LogP contribution is -2.37. The number of amides is 1. The van der Waals surface area contributed by atoms with Gasteiger partial charge in [-0.05, 0) is 50.1 Å². The van der Waals surface area contributed by atoms with Gasteiger partial charge in [0.2, 0.25) is 0 Å². The molecule has 2 heterocycles. The van der Waals surface area contributed by atoms with Crippen molar-refractivity contribution >= 4 is 28.4 Å². The fourth-order valence-corrected chi connectivity index (χ4v) is 4.09. The molecule has 0 spiro atoms. The maximum atomic E-state index is 14.2. The number of aryl methyl sites for hydroxylation is 1. The SMILES string of the molecule is [2H]C1N(C(=O)c2ccc(C)c(F)c2)C=C(C(=O)OC(C)C)c2[nH]c3ccccc3c2C1(C)C. The Bertz CT molecular complexity index is 1290. The first kappa shape index (κ1) is 20.5. The van der Waals surface area contributed by atoms with Crippen LogP contribution >= 0.6 is 0 Å². The second-order valence-corrected chi connectivity index (χ2v) is 8.94. The molecule has 1 N–H and O–H groups in total. The van der Waals surface area contributed by atoms with Crippen molar-refractivity contribution in [3.8, 4) is 0 Å². The van der Waals surface area contributed by atoms with E-state index < -0.39 is 29.6 Å². The van der Waals surface area contributed by atoms with Gasteiger partial charge in [0.25, 0.3) is 5.91 Å². The quantitative estimate of drug-likeness (QED) is 0.565. The van der Waals surface area contributed by atoms with Crippen LogP contribution in [0, 0.1) is 12.7 Å². The molecule has 0 fully saturated rings. The number of ether oxygens (including phenoxy) is 1. The second kappa shape index (κ2) is 7.93. The van der Waals surface area contributed by atoms with Crippen molar-refractivity contribution in [3.05, 3.63) is 76.9 Å². The number of aromatic nitrogens is 1. The van der Waals surface area contributed by atoms with Crippen molar-refractivity contribution in [3.63, 3.8) is 0 Å². The molecule has 1 unspecified atom stereocenters. The summed E-state index contributed by atoms with van der Waals surface area (Å²) >= 11 is 0. The Balaban J connectivity index is 1.94. The van der Waals surface area contributed by atoms with Gasteiger partial charge in [-0.25, -0.2) is 9.18 Å². The highest BCUT2D eigenvalue weighted by Gasteiger charge is 2.37. The first-order chi connectivity index (χ1) is 15.5. The number of hydrogen-bond acceptors (Lipinski definition) is 3. The molecular weight excluding hydrogens is 407 g/mol. The highest BCUT2D eigenvalue weighted by molar-refractivity contribution is 6.18. The second-order valence-electron chi connectivity index (χ2n) is 8.94. The summed E-state index contributed by atoms with van der Waals surface area (Å²) < 4.78 is 28.8. The van der Waals surface area contributed by atoms with Gasteiger partial charge in [-0.3, -0.25) is 4.79 Å². The average Bonchev–Trinajstić information content (AvgIpc) is 3.11. The molecule has 0 bridgehead atoms. The van der Waals surface area contributed by atoms with E-state index >= 15 is 0 Å². The fraction of sp³-hybridized carbons (Fsp3) is 0.308. The fourth-order valence-electron chi connectivity index (χ4n) is 4.09. The summed E-state index contributed by atoms with van der Waals surface area (Å²) in [7, 11) is 0. The monoisotopic (exact) mass is 435 g/mol. The number of halogens is 1. The van der Waals surface area contributed by atoms with Crippen molar-refractivity contribution in [2.45, 2.75) is 46.1 Å². The third-order valence-corrected chi connectivity index (χ3v) is 5.57. The van der Waals surface area contributed by atoms with E-state index in [1.54, 1.807) is 20.8 Å². The molecule has 0 saturated carbocycles. The number of para-hydroxylation sites is 1. The summed E-state index contributed by atoms with van der Waals surface area (Å²) in [6.45, 7) is 7.75. The Labute approximate surface area is 188 Å². The molecule has 1 aliphatic rings. The predicted octanol–water partition coefficient (Wildman–Crippen LogP) is 5.34. The lowest BCUT2D eigenvalue weighted by atomic mass is 9.81. The van der Waals surface area contributed by atoms with Gasteiger partial charge in [0.1, 0.15) is 5.82 Å². The van der Waals surface area contributed by atoms with Crippen LogP contribution in [0.1, 0.15) is 56.2 Å². The number of esters is 1. The van der Waals surface area contributed by atoms with Gasteiger partial charge in [0.15, 0.2) is 0 Å². The summed E-state index contributed by atoms with van der Waals surface area (Å²) in [5.41, 5.74) is 1.91. The summed E-state index contributed by atoms with van der Waals surface area (Å²) in [6.07, 6.45) is 0.996. The van der Waals surface area contributed by atoms with E-state index in [0.717, 1.165) is 22.5 Å². The molecule has 166 valence electrons. The molecule has 4 rings (SSSR count). The number of H-pyrrole nitrogens is 1. The van der Waals surface area contributed by atoms with Gasteiger partial charge in [-0.15, -0.1) is 0 Å². The molecule has 3 aromatic rings. The number of fused-ring (bicyclic) bond motifs is 3. The highest BCUT2D eigenvalue weighted by atomic mass is 19.1. The Hall–Kier alpha value is -3.41. The van der Waals surface area contributed by atoms with Crippen LogP contribution in [0.5, 0.6) is 0 Å². The van der Waals surface area contributed by atoms with Gasteiger partial charge in [0.05, 0.1) is 18.7 Å². The lowest BCUT2D eigenvalue weighted by Gasteiger charge is -2.29. The Morgan fingerprint density at radius 1 is 1.22 bits per heavy atom. The van der Waals surface area contributed by atoms with Gasteiger partial charge in [-0.2, -0.15) is 0 Å². The predicted molar refractivity (Wildman–Crippen MR) is 123 cm³/mol. The smallest absolute Gasteiger partial charge is 0.342 e. The number of hydrogen-bond donors (Lipinski definition) is 1. The highest BCUT2D eigenvalue weighted by Crippen LogP contribution is 2.40. The van der Waals surface area contributed by atoms with E-state index in [9.17, 15) is 14.0 Å². The summed E-state index contributed by atoms with van der Waals surface area (Å²) in [5, 5.41) is 0.869. The summed E-state index contributed by atoms with van der Waals surface area (Å²) in [4.78, 5) is 31.1. The maximum Gasteiger partial charge on any atom is 0.342 e. The van der Waals surface area contributed by atoms with Crippen LogP contribution in [0.25, 0.3) is 16.5 Å². The molecule has 1 amide bonds. The van der Waals surface area contributed by atoms with Crippen molar-refractivity contribution in [2.75, 3.05) is 6.52 Å². The molecule has 1 aromatic heterocycles. The van der Waals surface area contributed by atoms with Crippen LogP contribution in [-0.4, -0.2) is 34.4 Å². The van der Waals surface area contributed by atoms with E-state index in [2.05, 4.69) is 4.98 Å². The minimum absolute atomic E-state index is 0.106. The zero-order valence-corrected chi connectivity index (χ0v) is 18.8. The minimum Gasteiger partial charge on any atom is -0.459 e. The number of rotatable bonds is 3. The van der Waals surface area contributed by atoms with Crippen LogP contribution in [0.2, 0.25) is 0 Å². The van der Waals surface area contributed by atoms with Crippen LogP contribution in [0.4, 0.5) is 4.39 Å². The molecule has 6 heteroatoms. The number of aromatic amines is 1. The van der Waals surface area contributed by atoms with Crippen molar-refractivity contribution in [1.82, 2.24) is 9.88 Å². The van der Waals surface area contributed by atoms with Crippen molar-refractivity contribution in [1.29, 1.82) is 0 Å². The lowest BCUT2D eigenvalue weighted by molar-refractivity contribution is -0.140. The standard InChI is InChI=1S/C26H27FN2O3/c1-15(2)32-25(31)19-13-29(24(30)17-11-10-16(3)20(27)12-17)14-26(4,5)22-18-8-6-7-9-21(18)28-23(19)22/h6-13,15,28H,14H2,1-5H3/i14D. The molecule has 32 heavy (non-hydrogen) atoms. The summed E-state index contributed by atoms with van der Waals surface area (Å²) in [5.74, 6) is -1.67. The van der Waals surface area contributed by atoms with Crippen LogP contribution < -0.4 is 0 Å². The van der Waals surface area contributed by atoms with E-state index in [-0.39, 0.29) is 17.2 Å². The summed E-state index contributed by atoms with van der Waals surface area (Å²) in [6, 6.07) is 11.8. The van der Waals surface area contributed by atoms with Crippen LogP contribution in [0.15, 0.2) is 48.7 Å². The van der Waals surface area contributed by atoms with E-state index in [0.29, 0.717) is 11.3 Å². The molecule has 5 nitrogen and oxygen atoms in total. The van der Waals surface area contributed by atoms with Gasteiger partial charge >= 0.3 is 5.97 Å². The zero-order chi connectivity index (χ0) is 24.1. The molecule has 1 aliphatic heterocycles. The Kier molecular flexibility index (Phi) is 5.08. The molecule has 0 saturated heterocycles. The largest absolute Gasteiger partial charge is 0.459 e. The Morgan fingerprint density at radius 3 is 2.62 bits per heavy atom. The van der Waals surface area contributed by atoms with Crippen molar-refractivity contribution in [2.24, 2.45) is 0 Å². The topological polar surface area (TPSA) is 62.4 Å². The molecule has 1 atom stereocenters. The van der Waals surface area contributed by atoms with Crippen LogP contribution in [0.3, 0.4) is 0 Å². The van der Waals surface area contributed by atoms with Crippen molar-refractivity contribution < 1.29 is 20.1 Å². The zero-order valence-electron chi connectivity index (χ0n) is 19.8. The number of benzene rings is 2. The number of carbonyl (C=O) groups excluding carboxylic acids is 2. The minimum atomic E-state index is -1.09. The number of carbonyl (C=O) groups is 2. The number of nitrogens with one attached hydrogen (secondary N) is 1. The first-order valence-electron chi connectivity index (χ1n) is 11.2. The average molecular weight is 436 g/mol. The van der Waals surface area contributed by atoms with Gasteiger partial charge in [-0.1, -0.05) is 38.1 Å². The number of nitrogens with zero attached hydrogens (tertiary/aromatic N) is 1. The van der Waals surface area contributed by atoms with E-state index in [1.165, 1.54) is 23.2 Å². The normalized spacial score (nSPS) is 18.1. The Morgan fingerprint density at radius 2 is 1.94 bits per heavy atom.